The molecule has 0 aromatic heterocycles. The SMILES string of the molecule is CCCCCCCCC(OC(=O)C1CCC(C(=O)OC(CCCCCCCC)C(CCCCCCCC(=O)OC)OC(=O)CCC)CC1)C(CCCCCCCC(=O)OC)OC(=O)CCC. The van der Waals surface area contributed by atoms with Gasteiger partial charge in [-0.2, -0.15) is 0 Å². The zero-order valence-electron chi connectivity index (χ0n) is 42.8. The van der Waals surface area contributed by atoms with Crippen molar-refractivity contribution < 1.29 is 57.2 Å². The van der Waals surface area contributed by atoms with Crippen LogP contribution in [-0.4, -0.2) is 74.5 Å². The van der Waals surface area contributed by atoms with Crippen molar-refractivity contribution in [3.05, 3.63) is 0 Å². The average Bonchev–Trinajstić information content (AvgIpc) is 3.31. The third-order valence-electron chi connectivity index (χ3n) is 13.1. The maximum absolute atomic E-state index is 14.0. The summed E-state index contributed by atoms with van der Waals surface area (Å²) in [6.45, 7) is 8.29. The number of carbonyl (C=O) groups excluding carboxylic acids is 6. The van der Waals surface area contributed by atoms with Crippen molar-refractivity contribution in [3.8, 4) is 0 Å². The van der Waals surface area contributed by atoms with Crippen LogP contribution in [-0.2, 0) is 57.2 Å². The number of ether oxygens (including phenoxy) is 6. The van der Waals surface area contributed by atoms with Crippen LogP contribution in [0.25, 0.3) is 0 Å². The molecule has 0 spiro atoms. The van der Waals surface area contributed by atoms with Gasteiger partial charge in [0.05, 0.1) is 26.1 Å². The smallest absolute Gasteiger partial charge is 0.309 e. The molecule has 12 nitrogen and oxygen atoms in total. The van der Waals surface area contributed by atoms with Crippen molar-refractivity contribution in [2.45, 2.75) is 283 Å². The molecule has 1 rings (SSSR count). The molecule has 1 fully saturated rings. The lowest BCUT2D eigenvalue weighted by Gasteiger charge is -2.32. The molecule has 66 heavy (non-hydrogen) atoms. The van der Waals surface area contributed by atoms with Gasteiger partial charge in [-0.05, 0) is 103 Å². The Labute approximate surface area is 401 Å². The van der Waals surface area contributed by atoms with Crippen LogP contribution in [0.15, 0.2) is 0 Å². The predicted molar refractivity (Wildman–Crippen MR) is 259 cm³/mol. The highest BCUT2D eigenvalue weighted by atomic mass is 16.6. The Balaban J connectivity index is 3.06. The Kier molecular flexibility index (Phi) is 37.7. The summed E-state index contributed by atoms with van der Waals surface area (Å²) in [6.07, 6.45) is 26.9. The summed E-state index contributed by atoms with van der Waals surface area (Å²) >= 11 is 0. The maximum Gasteiger partial charge on any atom is 0.309 e. The highest BCUT2D eigenvalue weighted by molar-refractivity contribution is 5.76. The molecule has 0 bridgehead atoms. The van der Waals surface area contributed by atoms with Gasteiger partial charge in [0.1, 0.15) is 24.4 Å². The van der Waals surface area contributed by atoms with E-state index in [0.717, 1.165) is 116 Å². The molecule has 1 saturated carbocycles. The lowest BCUT2D eigenvalue weighted by molar-refractivity contribution is -0.176. The van der Waals surface area contributed by atoms with Gasteiger partial charge < -0.3 is 28.4 Å². The average molecular weight is 937 g/mol. The lowest BCUT2D eigenvalue weighted by atomic mass is 9.82. The molecule has 0 aliphatic heterocycles. The van der Waals surface area contributed by atoms with Crippen molar-refractivity contribution in [1.29, 1.82) is 0 Å². The third-order valence-corrected chi connectivity index (χ3v) is 13.1. The Morgan fingerprint density at radius 1 is 0.333 bits per heavy atom. The fourth-order valence-electron chi connectivity index (χ4n) is 8.95. The number of carbonyl (C=O) groups is 6. The van der Waals surface area contributed by atoms with E-state index in [2.05, 4.69) is 13.8 Å². The van der Waals surface area contributed by atoms with Crippen LogP contribution >= 0.6 is 0 Å². The molecule has 384 valence electrons. The van der Waals surface area contributed by atoms with Gasteiger partial charge in [-0.3, -0.25) is 28.8 Å². The highest BCUT2D eigenvalue weighted by Crippen LogP contribution is 2.33. The molecule has 1 aliphatic carbocycles. The second-order valence-electron chi connectivity index (χ2n) is 18.9. The summed E-state index contributed by atoms with van der Waals surface area (Å²) in [7, 11) is 2.81. The van der Waals surface area contributed by atoms with Gasteiger partial charge in [0.15, 0.2) is 0 Å². The molecule has 0 radical (unpaired) electrons. The number of unbranched alkanes of at least 4 members (excludes halogenated alkanes) is 18. The molecule has 4 atom stereocenters. The number of hydrogen-bond donors (Lipinski definition) is 0. The van der Waals surface area contributed by atoms with E-state index in [9.17, 15) is 28.8 Å². The zero-order chi connectivity index (χ0) is 48.6. The first kappa shape index (κ1) is 60.8. The summed E-state index contributed by atoms with van der Waals surface area (Å²) in [6, 6.07) is 0. The summed E-state index contributed by atoms with van der Waals surface area (Å²) in [4.78, 5) is 76.8. The number of rotatable bonds is 42. The molecular formula is C54H96O12. The van der Waals surface area contributed by atoms with Gasteiger partial charge in [-0.15, -0.1) is 0 Å². The third kappa shape index (κ3) is 30.3. The zero-order valence-corrected chi connectivity index (χ0v) is 42.8. The van der Waals surface area contributed by atoms with E-state index in [-0.39, 0.29) is 47.7 Å². The normalized spacial score (nSPS) is 16.6. The molecular weight excluding hydrogens is 841 g/mol. The summed E-state index contributed by atoms with van der Waals surface area (Å²) in [5.41, 5.74) is 0. The molecule has 12 heteroatoms. The first-order chi connectivity index (χ1) is 32.0. The topological polar surface area (TPSA) is 158 Å². The predicted octanol–water partition coefficient (Wildman–Crippen LogP) is 13.3. The first-order valence-corrected chi connectivity index (χ1v) is 27.0. The second-order valence-corrected chi connectivity index (χ2v) is 18.9. The van der Waals surface area contributed by atoms with Crippen LogP contribution in [0, 0.1) is 11.8 Å². The Bertz CT molecular complexity index is 1180. The van der Waals surface area contributed by atoms with Crippen molar-refractivity contribution in [3.63, 3.8) is 0 Å². The Morgan fingerprint density at radius 2 is 0.606 bits per heavy atom. The van der Waals surface area contributed by atoms with E-state index in [1.54, 1.807) is 0 Å². The van der Waals surface area contributed by atoms with Gasteiger partial charge >= 0.3 is 35.8 Å². The monoisotopic (exact) mass is 937 g/mol. The van der Waals surface area contributed by atoms with Crippen molar-refractivity contribution in [2.24, 2.45) is 11.8 Å². The fourth-order valence-corrected chi connectivity index (χ4v) is 8.95. The van der Waals surface area contributed by atoms with E-state index < -0.39 is 24.4 Å². The van der Waals surface area contributed by atoms with Crippen LogP contribution in [0.3, 0.4) is 0 Å². The molecule has 0 aromatic rings. The molecule has 0 aromatic carbocycles. The van der Waals surface area contributed by atoms with Crippen LogP contribution in [0.5, 0.6) is 0 Å². The molecule has 0 heterocycles. The summed E-state index contributed by atoms with van der Waals surface area (Å²) in [5, 5.41) is 0. The fraction of sp³-hybridized carbons (Fsp3) is 0.889. The number of hydrogen-bond acceptors (Lipinski definition) is 12. The van der Waals surface area contributed by atoms with Crippen molar-refractivity contribution in [2.75, 3.05) is 14.2 Å². The van der Waals surface area contributed by atoms with Gasteiger partial charge in [0.2, 0.25) is 0 Å². The Hall–Kier alpha value is -3.18. The van der Waals surface area contributed by atoms with Crippen LogP contribution in [0.2, 0.25) is 0 Å². The lowest BCUT2D eigenvalue weighted by Crippen LogP contribution is -2.39. The molecule has 1 aliphatic rings. The van der Waals surface area contributed by atoms with Crippen LogP contribution in [0.4, 0.5) is 0 Å². The minimum absolute atomic E-state index is 0.196. The van der Waals surface area contributed by atoms with E-state index >= 15 is 0 Å². The molecule has 4 unspecified atom stereocenters. The maximum atomic E-state index is 14.0. The van der Waals surface area contributed by atoms with Gasteiger partial charge in [0.25, 0.3) is 0 Å². The standard InChI is InChI=1S/C54H96O12/c1-7-11-13-15-19-27-35-47(45(63-51(57)31-9-3)33-25-21-17-23-29-37-49(55)61-5)65-53(59)43-39-41-44(42-40-43)54(60)66-48(36-28-20-16-14-12-8-2)46(64-52(58)32-10-4)34-26-22-18-24-30-38-50(56)62-6/h43-48H,7-42H2,1-6H3. The minimum atomic E-state index is -0.540. The summed E-state index contributed by atoms with van der Waals surface area (Å²) < 4.78 is 34.4. The largest absolute Gasteiger partial charge is 0.469 e. The van der Waals surface area contributed by atoms with Crippen LogP contribution in [0.1, 0.15) is 259 Å². The van der Waals surface area contributed by atoms with Gasteiger partial charge in [-0.25, -0.2) is 0 Å². The molecule has 0 amide bonds. The van der Waals surface area contributed by atoms with Gasteiger partial charge in [-0.1, -0.05) is 130 Å². The first-order valence-electron chi connectivity index (χ1n) is 27.0. The summed E-state index contributed by atoms with van der Waals surface area (Å²) in [5.74, 6) is -2.23. The number of esters is 6. The Morgan fingerprint density at radius 3 is 0.894 bits per heavy atom. The quantitative estimate of drug-likeness (QED) is 0.0324. The minimum Gasteiger partial charge on any atom is -0.469 e. The van der Waals surface area contributed by atoms with E-state index in [1.165, 1.54) is 39.9 Å². The van der Waals surface area contributed by atoms with Crippen molar-refractivity contribution >= 4 is 35.8 Å². The molecule has 0 N–H and O–H groups in total. The van der Waals surface area contributed by atoms with E-state index in [4.69, 9.17) is 28.4 Å². The van der Waals surface area contributed by atoms with E-state index in [1.807, 2.05) is 13.8 Å². The number of methoxy groups -OCH3 is 2. The van der Waals surface area contributed by atoms with Crippen LogP contribution < -0.4 is 0 Å². The second kappa shape index (κ2) is 40.8. The van der Waals surface area contributed by atoms with Crippen molar-refractivity contribution in [1.82, 2.24) is 0 Å². The molecule has 0 saturated heterocycles. The van der Waals surface area contributed by atoms with Gasteiger partial charge in [0, 0.05) is 25.7 Å². The highest BCUT2D eigenvalue weighted by Gasteiger charge is 2.37. The van der Waals surface area contributed by atoms with E-state index in [0.29, 0.717) is 89.9 Å².